The molecule has 3 nitrogen and oxygen atoms in total. The number of nitrogens with zero attached hydrogens (tertiary/aromatic N) is 1. The van der Waals surface area contributed by atoms with Crippen molar-refractivity contribution in [2.45, 2.75) is 0 Å². The highest BCUT2D eigenvalue weighted by molar-refractivity contribution is 6.12. The summed E-state index contributed by atoms with van der Waals surface area (Å²) in [4.78, 5) is 23.8. The molecule has 0 fully saturated rings. The van der Waals surface area contributed by atoms with Crippen molar-refractivity contribution in [2.24, 2.45) is 0 Å². The monoisotopic (exact) mass is 401 g/mol. The summed E-state index contributed by atoms with van der Waals surface area (Å²) in [6.45, 7) is 0. The second kappa shape index (κ2) is 7.88. The van der Waals surface area contributed by atoms with Gasteiger partial charge in [-0.3, -0.25) is 9.59 Å². The van der Waals surface area contributed by atoms with Crippen molar-refractivity contribution in [2.75, 3.05) is 0 Å². The molecule has 0 aliphatic heterocycles. The van der Waals surface area contributed by atoms with Gasteiger partial charge in [0.05, 0.1) is 11.0 Å². The van der Waals surface area contributed by atoms with Crippen molar-refractivity contribution in [1.29, 1.82) is 0 Å². The number of aromatic nitrogens is 1. The molecule has 0 radical (unpaired) electrons. The van der Waals surface area contributed by atoms with Gasteiger partial charge < -0.3 is 4.57 Å². The van der Waals surface area contributed by atoms with E-state index in [2.05, 4.69) is 41.0 Å². The predicted octanol–water partition coefficient (Wildman–Crippen LogP) is 6.49. The molecule has 0 unspecified atom stereocenters. The highest BCUT2D eigenvalue weighted by Gasteiger charge is 2.12. The van der Waals surface area contributed by atoms with Crippen LogP contribution in [0.3, 0.4) is 0 Å². The summed E-state index contributed by atoms with van der Waals surface area (Å²) in [6.07, 6.45) is 4.05. The van der Waals surface area contributed by atoms with Gasteiger partial charge in [0.1, 0.15) is 0 Å². The van der Waals surface area contributed by atoms with Gasteiger partial charge in [0, 0.05) is 27.6 Å². The smallest absolute Gasteiger partial charge is 0.186 e. The number of allylic oxidation sites excluding steroid dienone is 1. The van der Waals surface area contributed by atoms with Crippen molar-refractivity contribution < 1.29 is 9.59 Å². The van der Waals surface area contributed by atoms with Crippen LogP contribution in [-0.2, 0) is 0 Å². The molecule has 5 aromatic rings. The molecule has 5 rings (SSSR count). The summed E-state index contributed by atoms with van der Waals surface area (Å²) in [7, 11) is 0. The van der Waals surface area contributed by atoms with E-state index in [-0.39, 0.29) is 5.78 Å². The average Bonchev–Trinajstić information content (AvgIpc) is 3.17. The zero-order chi connectivity index (χ0) is 21.2. The van der Waals surface area contributed by atoms with Crippen LogP contribution in [0.1, 0.15) is 26.3 Å². The molecular formula is C28H19NO2. The maximum absolute atomic E-state index is 12.6. The topological polar surface area (TPSA) is 39.1 Å². The minimum Gasteiger partial charge on any atom is -0.309 e. The van der Waals surface area contributed by atoms with Crippen LogP contribution in [0, 0.1) is 0 Å². The number of hydrogen-bond acceptors (Lipinski definition) is 2. The fourth-order valence-electron chi connectivity index (χ4n) is 4.04. The third kappa shape index (κ3) is 3.36. The van der Waals surface area contributed by atoms with E-state index in [0.717, 1.165) is 33.1 Å². The molecule has 3 heteroatoms. The lowest BCUT2D eigenvalue weighted by atomic mass is 10.0. The number of hydrogen-bond donors (Lipinski definition) is 0. The first-order valence-electron chi connectivity index (χ1n) is 10.1. The number of fused-ring (bicyclic) bond motifs is 3. The lowest BCUT2D eigenvalue weighted by Gasteiger charge is -2.07. The Labute approximate surface area is 179 Å². The van der Waals surface area contributed by atoms with E-state index in [1.807, 2.05) is 36.4 Å². The molecular weight excluding hydrogens is 382 g/mol. The first-order chi connectivity index (χ1) is 15.3. The molecule has 0 amide bonds. The molecule has 31 heavy (non-hydrogen) atoms. The lowest BCUT2D eigenvalue weighted by molar-refractivity contribution is 0.103. The van der Waals surface area contributed by atoms with E-state index in [1.165, 1.54) is 6.08 Å². The molecule has 0 aliphatic rings. The number of rotatable bonds is 5. The normalized spacial score (nSPS) is 11.4. The van der Waals surface area contributed by atoms with Gasteiger partial charge in [-0.2, -0.15) is 0 Å². The van der Waals surface area contributed by atoms with Crippen LogP contribution in [0.25, 0.3) is 33.6 Å². The summed E-state index contributed by atoms with van der Waals surface area (Å²) < 4.78 is 2.25. The summed E-state index contributed by atoms with van der Waals surface area (Å²) >= 11 is 0. The van der Waals surface area contributed by atoms with Crippen LogP contribution in [0.4, 0.5) is 0 Å². The van der Waals surface area contributed by atoms with Crippen LogP contribution < -0.4 is 0 Å². The Morgan fingerprint density at radius 1 is 0.710 bits per heavy atom. The quantitative estimate of drug-likeness (QED) is 0.192. The Morgan fingerprint density at radius 2 is 1.42 bits per heavy atom. The first-order valence-corrected chi connectivity index (χ1v) is 10.1. The molecule has 0 spiro atoms. The van der Waals surface area contributed by atoms with Crippen LogP contribution in [0.5, 0.6) is 0 Å². The third-order valence-corrected chi connectivity index (χ3v) is 5.49. The standard InChI is InChI=1S/C28H19NO2/c30-19-21-8-4-5-11-23(21)28(31)17-15-20-14-16-27-25(18-20)24-12-6-7-13-26(24)29(27)22-9-2-1-3-10-22/h1-19H/b17-15-. The third-order valence-electron chi connectivity index (χ3n) is 5.49. The lowest BCUT2D eigenvalue weighted by Crippen LogP contribution is -1.99. The second-order valence-corrected chi connectivity index (χ2v) is 7.37. The number of benzene rings is 4. The number of ketones is 1. The maximum Gasteiger partial charge on any atom is 0.186 e. The van der Waals surface area contributed by atoms with Gasteiger partial charge >= 0.3 is 0 Å². The number of carbonyl (C=O) groups excluding carboxylic acids is 2. The zero-order valence-electron chi connectivity index (χ0n) is 16.7. The van der Waals surface area contributed by atoms with E-state index in [0.29, 0.717) is 17.4 Å². The highest BCUT2D eigenvalue weighted by atomic mass is 16.1. The second-order valence-electron chi connectivity index (χ2n) is 7.37. The molecule has 0 aliphatic carbocycles. The van der Waals surface area contributed by atoms with Crippen LogP contribution in [0.2, 0.25) is 0 Å². The van der Waals surface area contributed by atoms with Crippen molar-refractivity contribution in [1.82, 2.24) is 4.57 Å². The highest BCUT2D eigenvalue weighted by Crippen LogP contribution is 2.32. The molecule has 0 atom stereocenters. The van der Waals surface area contributed by atoms with Gasteiger partial charge in [-0.1, -0.05) is 72.8 Å². The molecule has 4 aromatic carbocycles. The van der Waals surface area contributed by atoms with Crippen LogP contribution in [-0.4, -0.2) is 16.6 Å². The minimum absolute atomic E-state index is 0.186. The van der Waals surface area contributed by atoms with Gasteiger partial charge in [-0.05, 0) is 42.0 Å². The van der Waals surface area contributed by atoms with Gasteiger partial charge in [0.2, 0.25) is 0 Å². The zero-order valence-corrected chi connectivity index (χ0v) is 16.7. The van der Waals surface area contributed by atoms with Gasteiger partial charge in [-0.15, -0.1) is 0 Å². The largest absolute Gasteiger partial charge is 0.309 e. The van der Waals surface area contributed by atoms with E-state index < -0.39 is 0 Å². The molecule has 0 bridgehead atoms. The molecule has 0 N–H and O–H groups in total. The molecule has 0 saturated heterocycles. The van der Waals surface area contributed by atoms with Gasteiger partial charge in [-0.25, -0.2) is 0 Å². The number of para-hydroxylation sites is 2. The summed E-state index contributed by atoms with van der Waals surface area (Å²) in [5, 5.41) is 2.29. The summed E-state index contributed by atoms with van der Waals surface area (Å²) in [5.74, 6) is -0.186. The fraction of sp³-hybridized carbons (Fsp3) is 0. The van der Waals surface area contributed by atoms with Crippen LogP contribution >= 0.6 is 0 Å². The Morgan fingerprint density at radius 3 is 2.26 bits per heavy atom. The van der Waals surface area contributed by atoms with Crippen molar-refractivity contribution >= 4 is 40.0 Å². The van der Waals surface area contributed by atoms with E-state index in [1.54, 1.807) is 30.3 Å². The van der Waals surface area contributed by atoms with Gasteiger partial charge in [0.15, 0.2) is 12.1 Å². The van der Waals surface area contributed by atoms with E-state index >= 15 is 0 Å². The summed E-state index contributed by atoms with van der Waals surface area (Å²) in [5.41, 5.74) is 5.11. The number of aldehydes is 1. The molecule has 0 saturated carbocycles. The average molecular weight is 401 g/mol. The Kier molecular flexibility index (Phi) is 4.77. The van der Waals surface area contributed by atoms with E-state index in [4.69, 9.17) is 0 Å². The first kappa shape index (κ1) is 18.8. The Hall–Kier alpha value is -4.24. The van der Waals surface area contributed by atoms with Gasteiger partial charge in [0.25, 0.3) is 0 Å². The van der Waals surface area contributed by atoms with Crippen molar-refractivity contribution in [3.05, 3.63) is 120 Å². The van der Waals surface area contributed by atoms with E-state index in [9.17, 15) is 9.59 Å². The fourth-order valence-corrected chi connectivity index (χ4v) is 4.04. The Bertz CT molecular complexity index is 1460. The predicted molar refractivity (Wildman–Crippen MR) is 126 cm³/mol. The molecule has 1 heterocycles. The van der Waals surface area contributed by atoms with Crippen molar-refractivity contribution in [3.8, 4) is 5.69 Å². The molecule has 1 aromatic heterocycles. The SMILES string of the molecule is O=Cc1ccccc1C(=O)/C=C\c1ccc2c(c1)c1ccccc1n2-c1ccccc1. The van der Waals surface area contributed by atoms with Crippen LogP contribution in [0.15, 0.2) is 103 Å². The Balaban J connectivity index is 1.60. The minimum atomic E-state index is -0.186. The molecule has 148 valence electrons. The van der Waals surface area contributed by atoms with Crippen molar-refractivity contribution in [3.63, 3.8) is 0 Å². The summed E-state index contributed by atoms with van der Waals surface area (Å²) in [6, 6.07) is 31.7. The number of carbonyl (C=O) groups is 2. The maximum atomic E-state index is 12.6.